The van der Waals surface area contributed by atoms with Crippen LogP contribution in [0.2, 0.25) is 0 Å². The van der Waals surface area contributed by atoms with Crippen molar-refractivity contribution in [2.75, 3.05) is 18.9 Å². The lowest BCUT2D eigenvalue weighted by Crippen LogP contribution is -2.35. The van der Waals surface area contributed by atoms with Gasteiger partial charge in [0.2, 0.25) is 5.91 Å². The summed E-state index contributed by atoms with van der Waals surface area (Å²) in [6.07, 6.45) is 7.40. The standard InChI is InChI=1S/C23H35NO4S/c1-3-5-6-9-20(25)15-16-24-21(26)17-29-22(24)10-7-8-18-11-13-19(14-12-18)23(27)28-4-2/h11-14,20,22,25H,3-10,15-17H2,1-2H3. The predicted molar refractivity (Wildman–Crippen MR) is 118 cm³/mol. The van der Waals surface area contributed by atoms with Crippen molar-refractivity contribution in [3.8, 4) is 0 Å². The number of nitrogens with zero attached hydrogens (tertiary/aromatic N) is 1. The van der Waals surface area contributed by atoms with Gasteiger partial charge >= 0.3 is 5.97 Å². The van der Waals surface area contributed by atoms with Crippen molar-refractivity contribution in [1.29, 1.82) is 0 Å². The van der Waals surface area contributed by atoms with Gasteiger partial charge in [-0.25, -0.2) is 4.79 Å². The zero-order valence-electron chi connectivity index (χ0n) is 17.8. The summed E-state index contributed by atoms with van der Waals surface area (Å²) in [6.45, 7) is 4.99. The molecule has 5 nitrogen and oxygen atoms in total. The number of aryl methyl sites for hydroxylation is 1. The SMILES string of the molecule is CCCCCC(O)CCN1C(=O)CSC1CCCc1ccc(C(=O)OCC)cc1. The van der Waals surface area contributed by atoms with E-state index in [-0.39, 0.29) is 23.4 Å². The summed E-state index contributed by atoms with van der Waals surface area (Å²) in [5.74, 6) is 0.456. The molecule has 1 aromatic rings. The number of aliphatic hydroxyl groups excluding tert-OH is 1. The molecule has 6 heteroatoms. The number of ether oxygens (including phenoxy) is 1. The molecule has 2 unspecified atom stereocenters. The summed E-state index contributed by atoms with van der Waals surface area (Å²) in [6, 6.07) is 7.58. The van der Waals surface area contributed by atoms with E-state index in [2.05, 4.69) is 6.92 Å². The van der Waals surface area contributed by atoms with E-state index in [0.29, 0.717) is 30.9 Å². The lowest BCUT2D eigenvalue weighted by Gasteiger charge is -2.25. The summed E-state index contributed by atoms with van der Waals surface area (Å²) < 4.78 is 5.01. The molecular weight excluding hydrogens is 386 g/mol. The Morgan fingerprint density at radius 1 is 1.21 bits per heavy atom. The number of carbonyl (C=O) groups is 2. The van der Waals surface area contributed by atoms with Crippen LogP contribution in [0.1, 0.15) is 74.7 Å². The maximum Gasteiger partial charge on any atom is 0.338 e. The first kappa shape index (κ1) is 23.7. The van der Waals surface area contributed by atoms with Gasteiger partial charge in [0.15, 0.2) is 0 Å². The molecule has 2 atom stereocenters. The lowest BCUT2D eigenvalue weighted by molar-refractivity contribution is -0.128. The molecule has 2 rings (SSSR count). The van der Waals surface area contributed by atoms with Crippen molar-refractivity contribution in [2.24, 2.45) is 0 Å². The summed E-state index contributed by atoms with van der Waals surface area (Å²) in [7, 11) is 0. The number of esters is 1. The Labute approximate surface area is 179 Å². The molecule has 162 valence electrons. The van der Waals surface area contributed by atoms with Crippen molar-refractivity contribution in [1.82, 2.24) is 4.90 Å². The van der Waals surface area contributed by atoms with E-state index in [0.717, 1.165) is 44.9 Å². The smallest absolute Gasteiger partial charge is 0.338 e. The highest BCUT2D eigenvalue weighted by Gasteiger charge is 2.31. The Hall–Kier alpha value is -1.53. The first-order chi connectivity index (χ1) is 14.0. The Kier molecular flexibility index (Phi) is 10.6. The summed E-state index contributed by atoms with van der Waals surface area (Å²) in [5, 5.41) is 10.4. The molecule has 1 saturated heterocycles. The predicted octanol–water partition coefficient (Wildman–Crippen LogP) is 4.42. The lowest BCUT2D eigenvalue weighted by atomic mass is 10.1. The Morgan fingerprint density at radius 3 is 2.66 bits per heavy atom. The van der Waals surface area contributed by atoms with Gasteiger partial charge < -0.3 is 14.7 Å². The second-order valence-electron chi connectivity index (χ2n) is 7.60. The van der Waals surface area contributed by atoms with Crippen LogP contribution in [0.3, 0.4) is 0 Å². The fourth-order valence-corrected chi connectivity index (χ4v) is 4.81. The largest absolute Gasteiger partial charge is 0.462 e. The van der Waals surface area contributed by atoms with Gasteiger partial charge in [-0.1, -0.05) is 38.3 Å². The van der Waals surface area contributed by atoms with E-state index >= 15 is 0 Å². The normalized spacial score (nSPS) is 17.6. The van der Waals surface area contributed by atoms with Crippen LogP contribution in [0.25, 0.3) is 0 Å². The molecule has 0 aliphatic carbocycles. The average Bonchev–Trinajstić information content (AvgIpc) is 3.07. The van der Waals surface area contributed by atoms with Crippen molar-refractivity contribution in [2.45, 2.75) is 76.7 Å². The maximum absolute atomic E-state index is 12.2. The second-order valence-corrected chi connectivity index (χ2v) is 8.77. The van der Waals surface area contributed by atoms with Crippen LogP contribution in [0.15, 0.2) is 24.3 Å². The van der Waals surface area contributed by atoms with Gasteiger partial charge in [-0.2, -0.15) is 0 Å². The van der Waals surface area contributed by atoms with Gasteiger partial charge in [-0.15, -0.1) is 11.8 Å². The van der Waals surface area contributed by atoms with Crippen molar-refractivity contribution in [3.63, 3.8) is 0 Å². The number of unbranched alkanes of at least 4 members (excludes halogenated alkanes) is 2. The number of carbonyl (C=O) groups excluding carboxylic acids is 2. The highest BCUT2D eigenvalue weighted by Crippen LogP contribution is 2.29. The fraction of sp³-hybridized carbons (Fsp3) is 0.652. The number of benzene rings is 1. The minimum Gasteiger partial charge on any atom is -0.462 e. The van der Waals surface area contributed by atoms with Crippen LogP contribution in [0.5, 0.6) is 0 Å². The zero-order valence-corrected chi connectivity index (χ0v) is 18.6. The topological polar surface area (TPSA) is 66.8 Å². The molecule has 1 aliphatic rings. The number of thioether (sulfide) groups is 1. The Balaban J connectivity index is 1.74. The first-order valence-corrected chi connectivity index (χ1v) is 11.9. The quantitative estimate of drug-likeness (QED) is 0.377. The molecule has 0 saturated carbocycles. The van der Waals surface area contributed by atoms with E-state index in [1.54, 1.807) is 18.7 Å². The van der Waals surface area contributed by atoms with Crippen LogP contribution < -0.4 is 0 Å². The summed E-state index contributed by atoms with van der Waals surface area (Å²) in [4.78, 5) is 25.9. The molecule has 1 fully saturated rings. The number of hydrogen-bond acceptors (Lipinski definition) is 5. The van der Waals surface area contributed by atoms with E-state index in [1.807, 2.05) is 29.2 Å². The van der Waals surface area contributed by atoms with Gasteiger partial charge in [0.1, 0.15) is 0 Å². The van der Waals surface area contributed by atoms with Crippen molar-refractivity contribution < 1.29 is 19.4 Å². The summed E-state index contributed by atoms with van der Waals surface area (Å²) in [5.41, 5.74) is 1.77. The number of hydrogen-bond donors (Lipinski definition) is 1. The molecule has 1 aliphatic heterocycles. The number of rotatable bonds is 13. The van der Waals surface area contributed by atoms with Crippen molar-refractivity contribution in [3.05, 3.63) is 35.4 Å². The van der Waals surface area contributed by atoms with Gasteiger partial charge in [0.25, 0.3) is 0 Å². The van der Waals surface area contributed by atoms with E-state index < -0.39 is 0 Å². The van der Waals surface area contributed by atoms with Crippen LogP contribution >= 0.6 is 11.8 Å². The van der Waals surface area contributed by atoms with Gasteiger partial charge in [0.05, 0.1) is 29.4 Å². The number of amides is 1. The third-order valence-electron chi connectivity index (χ3n) is 5.29. The minimum absolute atomic E-state index is 0.194. The second kappa shape index (κ2) is 12.9. The zero-order chi connectivity index (χ0) is 21.1. The third kappa shape index (κ3) is 8.01. The van der Waals surface area contributed by atoms with E-state index in [4.69, 9.17) is 4.74 Å². The van der Waals surface area contributed by atoms with Gasteiger partial charge in [-0.05, 0) is 56.7 Å². The maximum atomic E-state index is 12.2. The fourth-order valence-electron chi connectivity index (χ4n) is 3.57. The summed E-state index contributed by atoms with van der Waals surface area (Å²) >= 11 is 1.71. The molecule has 0 aromatic heterocycles. The van der Waals surface area contributed by atoms with E-state index in [1.165, 1.54) is 5.56 Å². The highest BCUT2D eigenvalue weighted by atomic mass is 32.2. The molecule has 29 heavy (non-hydrogen) atoms. The van der Waals surface area contributed by atoms with Crippen LogP contribution in [0.4, 0.5) is 0 Å². The molecular formula is C23H35NO4S. The average molecular weight is 422 g/mol. The molecule has 0 spiro atoms. The Morgan fingerprint density at radius 2 is 1.97 bits per heavy atom. The van der Waals surface area contributed by atoms with E-state index in [9.17, 15) is 14.7 Å². The molecule has 1 amide bonds. The van der Waals surface area contributed by atoms with Gasteiger partial charge in [0, 0.05) is 6.54 Å². The number of aliphatic hydroxyl groups is 1. The molecule has 1 heterocycles. The minimum atomic E-state index is -0.307. The highest BCUT2D eigenvalue weighted by molar-refractivity contribution is 8.00. The van der Waals surface area contributed by atoms with Crippen molar-refractivity contribution >= 4 is 23.6 Å². The molecule has 1 aromatic carbocycles. The monoisotopic (exact) mass is 421 g/mol. The van der Waals surface area contributed by atoms with Gasteiger partial charge in [-0.3, -0.25) is 4.79 Å². The molecule has 1 N–H and O–H groups in total. The first-order valence-electron chi connectivity index (χ1n) is 10.9. The Bertz CT molecular complexity index is 634. The molecule has 0 radical (unpaired) electrons. The molecule has 0 bridgehead atoms. The van der Waals surface area contributed by atoms with Crippen LogP contribution in [-0.2, 0) is 16.0 Å². The van der Waals surface area contributed by atoms with Crippen LogP contribution in [0, 0.1) is 0 Å². The third-order valence-corrected chi connectivity index (χ3v) is 6.58. The van der Waals surface area contributed by atoms with Crippen LogP contribution in [-0.4, -0.2) is 52.3 Å².